The number of esters is 1. The summed E-state index contributed by atoms with van der Waals surface area (Å²) in [7, 11) is 1.16. The number of ether oxygens (including phenoxy) is 1. The van der Waals surface area contributed by atoms with Crippen LogP contribution < -0.4 is 5.43 Å². The number of hydrogen-bond donors (Lipinski definition) is 0. The molecule has 0 bridgehead atoms. The molecule has 0 amide bonds. The number of methoxy groups -OCH3 is 1. The Kier molecular flexibility index (Phi) is 3.99. The maximum absolute atomic E-state index is 13.6. The minimum Gasteiger partial charge on any atom is -0.464 e. The van der Waals surface area contributed by atoms with E-state index < -0.39 is 17.2 Å². The van der Waals surface area contributed by atoms with Gasteiger partial charge in [-0.1, -0.05) is 0 Å². The van der Waals surface area contributed by atoms with Gasteiger partial charge in [-0.05, 0) is 34.5 Å². The average molecular weight is 341 g/mol. The number of nitrogens with zero attached hydrogens (tertiary/aromatic N) is 2. The summed E-state index contributed by atoms with van der Waals surface area (Å²) in [5.41, 5.74) is 0.252. The van der Waals surface area contributed by atoms with Crippen LogP contribution in [0.4, 0.5) is 4.39 Å². The number of benzene rings is 1. The highest BCUT2D eigenvalue weighted by Gasteiger charge is 2.15. The van der Waals surface area contributed by atoms with Crippen molar-refractivity contribution in [1.82, 2.24) is 9.78 Å². The molecule has 0 unspecified atom stereocenters. The molecule has 0 atom stereocenters. The molecule has 7 heteroatoms. The van der Waals surface area contributed by atoms with Crippen LogP contribution in [0.25, 0.3) is 5.69 Å². The molecule has 104 valence electrons. The Bertz CT molecular complexity index is 743. The van der Waals surface area contributed by atoms with Gasteiger partial charge in [0.2, 0.25) is 11.1 Å². The van der Waals surface area contributed by atoms with Crippen molar-refractivity contribution in [3.8, 4) is 5.69 Å². The predicted octanol–water partition coefficient (Wildman–Crippen LogP) is 2.23. The van der Waals surface area contributed by atoms with Crippen LogP contribution in [0.1, 0.15) is 16.1 Å². The van der Waals surface area contributed by atoms with Crippen LogP contribution >= 0.6 is 15.9 Å². The maximum Gasteiger partial charge on any atom is 0.362 e. The Labute approximate surface area is 122 Å². The van der Waals surface area contributed by atoms with E-state index in [9.17, 15) is 14.0 Å². The Morgan fingerprint density at radius 3 is 2.80 bits per heavy atom. The lowest BCUT2D eigenvalue weighted by molar-refractivity contribution is 0.0590. The second-order valence-electron chi connectivity index (χ2n) is 4.02. The number of hydrogen-bond acceptors (Lipinski definition) is 4. The summed E-state index contributed by atoms with van der Waals surface area (Å²) in [5.74, 6) is -1.30. The highest BCUT2D eigenvalue weighted by atomic mass is 79.9. The number of halogens is 2. The van der Waals surface area contributed by atoms with Crippen LogP contribution in [-0.2, 0) is 4.74 Å². The number of rotatable bonds is 2. The molecule has 0 saturated carbocycles. The molecule has 1 aromatic heterocycles. The first-order valence-electron chi connectivity index (χ1n) is 5.58. The molecule has 0 saturated heterocycles. The third-order valence-electron chi connectivity index (χ3n) is 2.67. The van der Waals surface area contributed by atoms with Gasteiger partial charge >= 0.3 is 5.97 Å². The molecule has 0 aliphatic heterocycles. The lowest BCUT2D eigenvalue weighted by atomic mass is 10.2. The van der Waals surface area contributed by atoms with E-state index in [1.807, 2.05) is 0 Å². The zero-order chi connectivity index (χ0) is 14.9. The molecular weight excluding hydrogens is 331 g/mol. The van der Waals surface area contributed by atoms with Crippen molar-refractivity contribution >= 4 is 21.9 Å². The van der Waals surface area contributed by atoms with Crippen LogP contribution in [0.5, 0.6) is 0 Å². The molecule has 2 rings (SSSR count). The minimum absolute atomic E-state index is 0.327. The molecule has 0 N–H and O–H groups in total. The van der Waals surface area contributed by atoms with Gasteiger partial charge < -0.3 is 4.74 Å². The number of aromatic nitrogens is 2. The first-order valence-corrected chi connectivity index (χ1v) is 6.37. The lowest BCUT2D eigenvalue weighted by Crippen LogP contribution is -2.21. The van der Waals surface area contributed by atoms with E-state index in [0.29, 0.717) is 10.2 Å². The summed E-state index contributed by atoms with van der Waals surface area (Å²) < 4.78 is 19.7. The summed E-state index contributed by atoms with van der Waals surface area (Å²) in [6, 6.07) is 4.03. The van der Waals surface area contributed by atoms with Crippen LogP contribution in [0.3, 0.4) is 0 Å². The van der Waals surface area contributed by atoms with Crippen molar-refractivity contribution in [2.45, 2.75) is 6.92 Å². The van der Waals surface area contributed by atoms with Crippen molar-refractivity contribution in [3.63, 3.8) is 0 Å². The van der Waals surface area contributed by atoms with Crippen LogP contribution in [0.15, 0.2) is 33.7 Å². The lowest BCUT2D eigenvalue weighted by Gasteiger charge is -2.10. The standard InChI is InChI=1S/C13H10BrFN2O3/c1-7-5-8(14)9(15)6-10(7)17-4-3-11(18)12(16-17)13(19)20-2/h3-6H,1-2H3. The molecule has 0 spiro atoms. The smallest absolute Gasteiger partial charge is 0.362 e. The van der Waals surface area contributed by atoms with Gasteiger partial charge in [-0.2, -0.15) is 5.10 Å². The molecule has 0 aliphatic rings. The molecule has 2 aromatic rings. The molecule has 20 heavy (non-hydrogen) atoms. The SMILES string of the molecule is COC(=O)c1nn(-c2cc(F)c(Br)cc2C)ccc1=O. The first kappa shape index (κ1) is 14.4. The first-order chi connectivity index (χ1) is 9.43. The summed E-state index contributed by atoms with van der Waals surface area (Å²) in [4.78, 5) is 23.0. The molecule has 0 radical (unpaired) electrons. The van der Waals surface area contributed by atoms with Crippen molar-refractivity contribution < 1.29 is 13.9 Å². The average Bonchev–Trinajstić information content (AvgIpc) is 2.43. The van der Waals surface area contributed by atoms with E-state index in [0.717, 1.165) is 12.7 Å². The van der Waals surface area contributed by atoms with E-state index in [1.54, 1.807) is 13.0 Å². The number of aryl methyl sites for hydroxylation is 1. The number of carbonyl (C=O) groups excluding carboxylic acids is 1. The normalized spacial score (nSPS) is 10.4. The Morgan fingerprint density at radius 1 is 1.45 bits per heavy atom. The van der Waals surface area contributed by atoms with Gasteiger partial charge in [0, 0.05) is 18.3 Å². The second kappa shape index (κ2) is 5.54. The minimum atomic E-state index is -0.834. The van der Waals surface area contributed by atoms with Gasteiger partial charge in [0.25, 0.3) is 0 Å². The molecule has 1 heterocycles. The van der Waals surface area contributed by atoms with Crippen LogP contribution in [0, 0.1) is 12.7 Å². The topological polar surface area (TPSA) is 61.2 Å². The Hall–Kier alpha value is -2.02. The van der Waals surface area contributed by atoms with E-state index >= 15 is 0 Å². The molecule has 1 aromatic carbocycles. The fourth-order valence-corrected chi connectivity index (χ4v) is 2.12. The van der Waals surface area contributed by atoms with Gasteiger partial charge in [-0.3, -0.25) is 4.79 Å². The largest absolute Gasteiger partial charge is 0.464 e. The third kappa shape index (κ3) is 2.62. The monoisotopic (exact) mass is 340 g/mol. The fraction of sp³-hybridized carbons (Fsp3) is 0.154. The van der Waals surface area contributed by atoms with Crippen molar-refractivity contribution in [2.24, 2.45) is 0 Å². The maximum atomic E-state index is 13.6. The second-order valence-corrected chi connectivity index (χ2v) is 4.87. The number of carbonyl (C=O) groups is 1. The van der Waals surface area contributed by atoms with E-state index in [1.165, 1.54) is 23.0 Å². The summed E-state index contributed by atoms with van der Waals surface area (Å²) >= 11 is 3.08. The van der Waals surface area contributed by atoms with Crippen molar-refractivity contribution in [1.29, 1.82) is 0 Å². The zero-order valence-corrected chi connectivity index (χ0v) is 12.3. The summed E-state index contributed by atoms with van der Waals surface area (Å²) in [6.45, 7) is 1.76. The molecule has 5 nitrogen and oxygen atoms in total. The fourth-order valence-electron chi connectivity index (χ4n) is 1.66. The van der Waals surface area contributed by atoms with Gasteiger partial charge in [0.15, 0.2) is 0 Å². The highest BCUT2D eigenvalue weighted by Crippen LogP contribution is 2.22. The van der Waals surface area contributed by atoms with Crippen LogP contribution in [0.2, 0.25) is 0 Å². The van der Waals surface area contributed by atoms with Crippen molar-refractivity contribution in [3.05, 3.63) is 56.2 Å². The Balaban J connectivity index is 2.62. The highest BCUT2D eigenvalue weighted by molar-refractivity contribution is 9.10. The van der Waals surface area contributed by atoms with Gasteiger partial charge in [0.1, 0.15) is 5.82 Å². The van der Waals surface area contributed by atoms with E-state index in [2.05, 4.69) is 25.8 Å². The van der Waals surface area contributed by atoms with Gasteiger partial charge in [-0.25, -0.2) is 13.9 Å². The van der Waals surface area contributed by atoms with Crippen molar-refractivity contribution in [2.75, 3.05) is 7.11 Å². The quantitative estimate of drug-likeness (QED) is 0.786. The summed E-state index contributed by atoms with van der Waals surface area (Å²) in [5, 5.41) is 3.89. The Morgan fingerprint density at radius 2 is 2.15 bits per heavy atom. The predicted molar refractivity (Wildman–Crippen MR) is 73.6 cm³/mol. The molecule has 0 fully saturated rings. The van der Waals surface area contributed by atoms with E-state index in [4.69, 9.17) is 0 Å². The molecule has 0 aliphatic carbocycles. The zero-order valence-electron chi connectivity index (χ0n) is 10.7. The molecular formula is C13H10BrFN2O3. The van der Waals surface area contributed by atoms with E-state index in [-0.39, 0.29) is 5.69 Å². The van der Waals surface area contributed by atoms with Gasteiger partial charge in [0.05, 0.1) is 17.3 Å². The third-order valence-corrected chi connectivity index (χ3v) is 3.28. The van der Waals surface area contributed by atoms with Crippen LogP contribution in [-0.4, -0.2) is 22.9 Å². The van der Waals surface area contributed by atoms with Gasteiger partial charge in [-0.15, -0.1) is 0 Å². The summed E-state index contributed by atoms with van der Waals surface area (Å²) in [6.07, 6.45) is 1.37.